The van der Waals surface area contributed by atoms with Crippen molar-refractivity contribution < 1.29 is 28.7 Å². The molecule has 1 N–H and O–H groups in total. The molecule has 43 valence electrons. The Balaban J connectivity index is 0. The fourth-order valence-electron chi connectivity index (χ4n) is 0.149. The van der Waals surface area contributed by atoms with Gasteiger partial charge in [0.25, 0.3) is 0 Å². The molecule has 0 atom stereocenters. The molecule has 0 fully saturated rings. The summed E-state index contributed by atoms with van der Waals surface area (Å²) in [5.41, 5.74) is 0. The Bertz CT molecular complexity index is 30.9. The fourth-order valence-corrected chi connectivity index (χ4v) is 0.149. The predicted octanol–water partition coefficient (Wildman–Crippen LogP) is 1.13. The predicted molar refractivity (Wildman–Crippen MR) is 23.4 cm³/mol. The van der Waals surface area contributed by atoms with Crippen LogP contribution < -0.4 is 0 Å². The average molecular weight is 141 g/mol. The van der Waals surface area contributed by atoms with Gasteiger partial charge < -0.3 is 0 Å². The fraction of sp³-hybridized carbons (Fsp3) is 1.00. The van der Waals surface area contributed by atoms with Gasteiger partial charge in [-0.2, -0.15) is 0 Å². The van der Waals surface area contributed by atoms with Crippen LogP contribution in [0.2, 0.25) is 0 Å². The van der Waals surface area contributed by atoms with Gasteiger partial charge in [0.05, 0.1) is 6.61 Å². The van der Waals surface area contributed by atoms with Crippen molar-refractivity contribution in [2.45, 2.75) is 13.8 Å². The van der Waals surface area contributed by atoms with E-state index >= 15 is 0 Å². The molecule has 0 saturated carbocycles. The second-order valence-electron chi connectivity index (χ2n) is 1.69. The molecule has 1 radical (unpaired) electrons. The van der Waals surface area contributed by atoms with Gasteiger partial charge in [-0.1, -0.05) is 13.8 Å². The van der Waals surface area contributed by atoms with E-state index in [4.69, 9.17) is 5.26 Å². The smallest absolute Gasteiger partial charge is 0.0842 e. The van der Waals surface area contributed by atoms with E-state index in [-0.39, 0.29) is 18.6 Å². The maximum absolute atomic E-state index is 7.74. The van der Waals surface area contributed by atoms with E-state index in [0.29, 0.717) is 12.5 Å². The van der Waals surface area contributed by atoms with Crippen molar-refractivity contribution in [3.05, 3.63) is 0 Å². The van der Waals surface area contributed by atoms with Gasteiger partial charge >= 0.3 is 0 Å². The zero-order valence-corrected chi connectivity index (χ0v) is 5.98. The van der Waals surface area contributed by atoms with Crippen LogP contribution in [0.25, 0.3) is 0 Å². The monoisotopic (exact) mass is 141 g/mol. The molecule has 0 aliphatic rings. The average Bonchev–Trinajstić information content (AvgIpc) is 1.35. The summed E-state index contributed by atoms with van der Waals surface area (Å²) < 4.78 is 0. The Labute approximate surface area is 55.7 Å². The molecule has 7 heavy (non-hydrogen) atoms. The van der Waals surface area contributed by atoms with E-state index in [0.717, 1.165) is 0 Å². The van der Waals surface area contributed by atoms with E-state index in [1.807, 2.05) is 13.8 Å². The van der Waals surface area contributed by atoms with Crippen LogP contribution in [-0.2, 0) is 23.4 Å². The summed E-state index contributed by atoms with van der Waals surface area (Å²) in [6.07, 6.45) is 0. The molecular weight excluding hydrogens is 131 g/mol. The van der Waals surface area contributed by atoms with Crippen LogP contribution in [0.4, 0.5) is 0 Å². The van der Waals surface area contributed by atoms with Gasteiger partial charge in [-0.3, -0.25) is 5.26 Å². The van der Waals surface area contributed by atoms with Crippen LogP contribution in [-0.4, -0.2) is 11.9 Å². The summed E-state index contributed by atoms with van der Waals surface area (Å²) >= 11 is 0. The largest absolute Gasteiger partial charge is 0.252 e. The number of hydrogen-bond acceptors (Lipinski definition) is 2. The van der Waals surface area contributed by atoms with Crippen LogP contribution in [0.15, 0.2) is 0 Å². The van der Waals surface area contributed by atoms with E-state index in [2.05, 4.69) is 4.89 Å². The summed E-state index contributed by atoms with van der Waals surface area (Å²) in [6, 6.07) is 0. The van der Waals surface area contributed by atoms with Crippen LogP contribution in [0.1, 0.15) is 13.8 Å². The third-order valence-electron chi connectivity index (χ3n) is 0.408. The standard InChI is InChI=1S/C4H10O2.V/c1-4(2)3-6-5;/h4-5H,3H2,1-2H3;. The molecule has 0 amide bonds. The van der Waals surface area contributed by atoms with E-state index in [9.17, 15) is 0 Å². The van der Waals surface area contributed by atoms with Crippen LogP contribution in [0.5, 0.6) is 0 Å². The van der Waals surface area contributed by atoms with Crippen LogP contribution in [0, 0.1) is 5.92 Å². The Hall–Kier alpha value is 0.504. The molecule has 0 aromatic heterocycles. The molecule has 0 aliphatic heterocycles. The van der Waals surface area contributed by atoms with E-state index < -0.39 is 0 Å². The molecule has 0 unspecified atom stereocenters. The van der Waals surface area contributed by atoms with Crippen LogP contribution >= 0.6 is 0 Å². The Morgan fingerprint density at radius 2 is 2.00 bits per heavy atom. The van der Waals surface area contributed by atoms with Crippen molar-refractivity contribution in [3.8, 4) is 0 Å². The number of rotatable bonds is 2. The molecule has 0 heterocycles. The minimum Gasteiger partial charge on any atom is -0.252 e. The SMILES string of the molecule is CC(C)COO.[V]. The van der Waals surface area contributed by atoms with E-state index in [1.165, 1.54) is 0 Å². The second-order valence-corrected chi connectivity index (χ2v) is 1.69. The molecule has 0 saturated heterocycles. The summed E-state index contributed by atoms with van der Waals surface area (Å²) in [4.78, 5) is 3.80. The van der Waals surface area contributed by atoms with Gasteiger partial charge in [-0.25, -0.2) is 4.89 Å². The number of hydrogen-bond donors (Lipinski definition) is 1. The van der Waals surface area contributed by atoms with Crippen molar-refractivity contribution in [1.82, 2.24) is 0 Å². The van der Waals surface area contributed by atoms with Gasteiger partial charge in [-0.15, -0.1) is 0 Å². The van der Waals surface area contributed by atoms with Gasteiger partial charge in [0.2, 0.25) is 0 Å². The van der Waals surface area contributed by atoms with Gasteiger partial charge in [0.15, 0.2) is 0 Å². The summed E-state index contributed by atoms with van der Waals surface area (Å²) in [7, 11) is 0. The molecule has 0 spiro atoms. The Morgan fingerprint density at radius 1 is 1.57 bits per heavy atom. The molecule has 0 bridgehead atoms. The van der Waals surface area contributed by atoms with Crippen LogP contribution in [0.3, 0.4) is 0 Å². The van der Waals surface area contributed by atoms with Crippen molar-refractivity contribution in [2.24, 2.45) is 5.92 Å². The molecular formula is C4H10O2V. The second kappa shape index (κ2) is 6.50. The first kappa shape index (κ1) is 10.5. The summed E-state index contributed by atoms with van der Waals surface area (Å²) in [6.45, 7) is 4.37. The Morgan fingerprint density at radius 3 is 2.00 bits per heavy atom. The molecule has 0 aromatic rings. The minimum absolute atomic E-state index is 0. The zero-order valence-electron chi connectivity index (χ0n) is 4.59. The van der Waals surface area contributed by atoms with Gasteiger partial charge in [0, 0.05) is 18.6 Å². The van der Waals surface area contributed by atoms with E-state index in [1.54, 1.807) is 0 Å². The van der Waals surface area contributed by atoms with Crippen molar-refractivity contribution in [1.29, 1.82) is 0 Å². The van der Waals surface area contributed by atoms with Crippen molar-refractivity contribution in [3.63, 3.8) is 0 Å². The normalized spacial score (nSPS) is 8.57. The molecule has 0 rings (SSSR count). The maximum Gasteiger partial charge on any atom is 0.0842 e. The quantitative estimate of drug-likeness (QED) is 0.461. The minimum atomic E-state index is 0. The zero-order chi connectivity index (χ0) is 4.99. The summed E-state index contributed by atoms with van der Waals surface area (Å²) in [5.74, 6) is 0.426. The third-order valence-corrected chi connectivity index (χ3v) is 0.408. The third kappa shape index (κ3) is 10.7. The first-order chi connectivity index (χ1) is 2.77. The molecule has 0 aliphatic carbocycles. The Kier molecular flexibility index (Phi) is 9.74. The van der Waals surface area contributed by atoms with Crippen molar-refractivity contribution >= 4 is 0 Å². The first-order valence-electron chi connectivity index (χ1n) is 2.03. The first-order valence-corrected chi connectivity index (χ1v) is 2.03. The van der Waals surface area contributed by atoms with Gasteiger partial charge in [-0.05, 0) is 5.92 Å². The summed E-state index contributed by atoms with van der Waals surface area (Å²) in [5, 5.41) is 7.74. The molecule has 3 heteroatoms. The van der Waals surface area contributed by atoms with Gasteiger partial charge in [0.1, 0.15) is 0 Å². The maximum atomic E-state index is 7.74. The molecule has 0 aromatic carbocycles. The van der Waals surface area contributed by atoms with Crippen molar-refractivity contribution in [2.75, 3.05) is 6.61 Å². The molecule has 2 nitrogen and oxygen atoms in total. The topological polar surface area (TPSA) is 29.5 Å².